The second-order valence-corrected chi connectivity index (χ2v) is 6.52. The van der Waals surface area contributed by atoms with Crippen LogP contribution in [0.2, 0.25) is 0 Å². The Morgan fingerprint density at radius 2 is 1.70 bits per heavy atom. The molecule has 5 rings (SSSR count). The molecular weight excluding hydrogens is 338 g/mol. The van der Waals surface area contributed by atoms with E-state index < -0.39 is 0 Å². The van der Waals surface area contributed by atoms with Crippen LogP contribution in [0.5, 0.6) is 0 Å². The third-order valence-corrected chi connectivity index (χ3v) is 4.91. The lowest BCUT2D eigenvalue weighted by Crippen LogP contribution is -2.26. The van der Waals surface area contributed by atoms with Crippen molar-refractivity contribution in [2.75, 3.05) is 0 Å². The number of fused-ring (bicyclic) bond motifs is 4. The highest BCUT2D eigenvalue weighted by Gasteiger charge is 2.15. The van der Waals surface area contributed by atoms with Gasteiger partial charge >= 0.3 is 0 Å². The zero-order valence-electron chi connectivity index (χ0n) is 14.4. The molecule has 0 bridgehead atoms. The van der Waals surface area contributed by atoms with Gasteiger partial charge in [-0.3, -0.25) is 18.6 Å². The molecule has 2 heterocycles. The van der Waals surface area contributed by atoms with Gasteiger partial charge in [0.1, 0.15) is 12.0 Å². The fourth-order valence-electron chi connectivity index (χ4n) is 3.54. The smallest absolute Gasteiger partial charge is 0.262 e. The summed E-state index contributed by atoms with van der Waals surface area (Å²) in [4.78, 5) is 30.1. The van der Waals surface area contributed by atoms with E-state index in [-0.39, 0.29) is 17.9 Å². The first-order valence-electron chi connectivity index (χ1n) is 8.68. The zero-order chi connectivity index (χ0) is 18.4. The van der Waals surface area contributed by atoms with Gasteiger partial charge in [0, 0.05) is 5.56 Å². The van der Waals surface area contributed by atoms with Gasteiger partial charge in [-0.1, -0.05) is 48.5 Å². The summed E-state index contributed by atoms with van der Waals surface area (Å²) in [7, 11) is 0. The molecule has 0 N–H and O–H groups in total. The average Bonchev–Trinajstić information content (AvgIpc) is 3.20. The molecule has 0 saturated carbocycles. The maximum Gasteiger partial charge on any atom is 0.262 e. The zero-order valence-corrected chi connectivity index (χ0v) is 14.4. The minimum absolute atomic E-state index is 0.0306. The number of carbonyl (C=O) groups is 1. The van der Waals surface area contributed by atoms with Crippen LogP contribution in [0.4, 0.5) is 0 Å². The van der Waals surface area contributed by atoms with E-state index in [2.05, 4.69) is 4.98 Å². The molecule has 0 amide bonds. The van der Waals surface area contributed by atoms with Crippen molar-refractivity contribution in [2.24, 2.45) is 0 Å². The minimum Gasteiger partial charge on any atom is -0.292 e. The number of hydrogen-bond donors (Lipinski definition) is 0. The van der Waals surface area contributed by atoms with Gasteiger partial charge in [0.05, 0.1) is 23.6 Å². The number of nitrogens with zero attached hydrogens (tertiary/aromatic N) is 3. The van der Waals surface area contributed by atoms with E-state index in [1.165, 1.54) is 4.57 Å². The summed E-state index contributed by atoms with van der Waals surface area (Å²) in [5, 5.41) is 2.65. The maximum atomic E-state index is 13.0. The highest BCUT2D eigenvalue weighted by molar-refractivity contribution is 6.00. The van der Waals surface area contributed by atoms with Gasteiger partial charge in [-0.05, 0) is 29.0 Å². The third kappa shape index (κ3) is 2.44. The van der Waals surface area contributed by atoms with E-state index in [1.54, 1.807) is 18.6 Å². The van der Waals surface area contributed by atoms with Crippen molar-refractivity contribution in [3.05, 3.63) is 95.2 Å². The van der Waals surface area contributed by atoms with Crippen LogP contribution in [0.25, 0.3) is 27.3 Å². The van der Waals surface area contributed by atoms with Crippen LogP contribution in [0, 0.1) is 0 Å². The summed E-state index contributed by atoms with van der Waals surface area (Å²) in [5.41, 5.74) is 1.79. The standard InChI is InChI=1S/C22H15N3O2/c26-20(17-10-9-15-5-1-2-6-16(15)11-17)13-24-21-12-23-14-25(21)19-8-4-3-7-18(19)22(24)27/h1-12,14H,13H2. The Morgan fingerprint density at radius 3 is 2.59 bits per heavy atom. The number of aromatic nitrogens is 3. The van der Waals surface area contributed by atoms with Gasteiger partial charge in [-0.2, -0.15) is 0 Å². The summed E-state index contributed by atoms with van der Waals surface area (Å²) in [6.07, 6.45) is 3.27. The highest BCUT2D eigenvalue weighted by Crippen LogP contribution is 2.17. The second kappa shape index (κ2) is 5.92. The van der Waals surface area contributed by atoms with Crippen molar-refractivity contribution in [3.8, 4) is 0 Å². The van der Waals surface area contributed by atoms with Crippen molar-refractivity contribution in [3.63, 3.8) is 0 Å². The number of rotatable bonds is 3. The predicted molar refractivity (Wildman–Crippen MR) is 105 cm³/mol. The molecule has 0 saturated heterocycles. The number of para-hydroxylation sites is 1. The Morgan fingerprint density at radius 1 is 0.926 bits per heavy atom. The summed E-state index contributed by atoms with van der Waals surface area (Å²) in [6.45, 7) is -0.0306. The lowest BCUT2D eigenvalue weighted by molar-refractivity contribution is 0.0972. The van der Waals surface area contributed by atoms with Crippen molar-refractivity contribution < 1.29 is 4.79 Å². The molecule has 0 unspecified atom stereocenters. The van der Waals surface area contributed by atoms with E-state index in [4.69, 9.17) is 0 Å². The molecule has 0 aliphatic heterocycles. The monoisotopic (exact) mass is 353 g/mol. The van der Waals surface area contributed by atoms with Crippen LogP contribution >= 0.6 is 0 Å². The molecule has 5 aromatic rings. The Labute approximate surface area is 154 Å². The van der Waals surface area contributed by atoms with Gasteiger partial charge in [0.25, 0.3) is 5.56 Å². The van der Waals surface area contributed by atoms with E-state index in [0.29, 0.717) is 16.6 Å². The topological polar surface area (TPSA) is 56.4 Å². The van der Waals surface area contributed by atoms with Gasteiger partial charge in [0.15, 0.2) is 5.78 Å². The van der Waals surface area contributed by atoms with Crippen LogP contribution in [0.15, 0.2) is 84.0 Å². The molecular formula is C22H15N3O2. The highest BCUT2D eigenvalue weighted by atomic mass is 16.1. The van der Waals surface area contributed by atoms with Gasteiger partial charge in [-0.25, -0.2) is 4.98 Å². The predicted octanol–water partition coefficient (Wildman–Crippen LogP) is 3.69. The molecule has 5 heteroatoms. The lowest BCUT2D eigenvalue weighted by atomic mass is 10.0. The maximum absolute atomic E-state index is 13.0. The molecule has 0 aliphatic rings. The number of hydrogen-bond acceptors (Lipinski definition) is 3. The Bertz CT molecular complexity index is 1400. The quantitative estimate of drug-likeness (QED) is 0.465. The summed E-state index contributed by atoms with van der Waals surface area (Å²) in [6, 6.07) is 20.9. The first-order chi connectivity index (χ1) is 13.2. The van der Waals surface area contributed by atoms with Gasteiger partial charge in [-0.15, -0.1) is 0 Å². The van der Waals surface area contributed by atoms with Crippen molar-refractivity contribution in [1.82, 2.24) is 14.0 Å². The molecule has 2 aromatic heterocycles. The van der Waals surface area contributed by atoms with Crippen LogP contribution in [0.3, 0.4) is 0 Å². The summed E-state index contributed by atoms with van der Waals surface area (Å²) in [5.74, 6) is -0.110. The van der Waals surface area contributed by atoms with Crippen molar-refractivity contribution in [2.45, 2.75) is 6.54 Å². The van der Waals surface area contributed by atoms with Crippen molar-refractivity contribution in [1.29, 1.82) is 0 Å². The molecule has 5 nitrogen and oxygen atoms in total. The third-order valence-electron chi connectivity index (χ3n) is 4.91. The molecule has 0 fully saturated rings. The number of imidazole rings is 1. The molecule has 0 spiro atoms. The molecule has 130 valence electrons. The van der Waals surface area contributed by atoms with Gasteiger partial charge < -0.3 is 0 Å². The molecule has 27 heavy (non-hydrogen) atoms. The second-order valence-electron chi connectivity index (χ2n) is 6.52. The molecule has 0 aliphatic carbocycles. The Balaban J connectivity index is 1.64. The van der Waals surface area contributed by atoms with E-state index in [9.17, 15) is 9.59 Å². The van der Waals surface area contributed by atoms with Crippen LogP contribution in [-0.4, -0.2) is 19.7 Å². The number of benzene rings is 3. The summed E-state index contributed by atoms with van der Waals surface area (Å²) < 4.78 is 3.33. The Hall–Kier alpha value is -3.73. The van der Waals surface area contributed by atoms with Gasteiger partial charge in [0.2, 0.25) is 0 Å². The SMILES string of the molecule is O=C(Cn1c(=O)c2ccccc2n2cncc12)c1ccc2ccccc2c1. The normalized spacial score (nSPS) is 11.4. The van der Waals surface area contributed by atoms with E-state index >= 15 is 0 Å². The Kier molecular flexibility index (Phi) is 3.40. The van der Waals surface area contributed by atoms with E-state index in [1.807, 2.05) is 65.1 Å². The molecule has 0 radical (unpaired) electrons. The fourth-order valence-corrected chi connectivity index (χ4v) is 3.54. The number of Topliss-reactive ketones (excluding diaryl/α,β-unsaturated/α-hetero) is 1. The molecule has 0 atom stereocenters. The molecule has 3 aromatic carbocycles. The van der Waals surface area contributed by atoms with E-state index in [0.717, 1.165) is 16.3 Å². The minimum atomic E-state index is -0.187. The van der Waals surface area contributed by atoms with Crippen LogP contribution in [0.1, 0.15) is 10.4 Å². The fraction of sp³-hybridized carbons (Fsp3) is 0.0455. The lowest BCUT2D eigenvalue weighted by Gasteiger charge is -2.11. The number of carbonyl (C=O) groups excluding carboxylic acids is 1. The van der Waals surface area contributed by atoms with Crippen LogP contribution in [-0.2, 0) is 6.54 Å². The number of ketones is 1. The average molecular weight is 353 g/mol. The largest absolute Gasteiger partial charge is 0.292 e. The van der Waals surface area contributed by atoms with Crippen molar-refractivity contribution >= 4 is 33.1 Å². The van der Waals surface area contributed by atoms with Crippen LogP contribution < -0.4 is 5.56 Å². The first kappa shape index (κ1) is 15.5. The first-order valence-corrected chi connectivity index (χ1v) is 8.68. The summed E-state index contributed by atoms with van der Waals surface area (Å²) >= 11 is 0.